The summed E-state index contributed by atoms with van der Waals surface area (Å²) in [5.74, 6) is 0.644. The lowest BCUT2D eigenvalue weighted by Gasteiger charge is -2.27. The van der Waals surface area contributed by atoms with E-state index in [2.05, 4.69) is 41.6 Å². The predicted molar refractivity (Wildman–Crippen MR) is 115 cm³/mol. The lowest BCUT2D eigenvalue weighted by molar-refractivity contribution is -0.143. The van der Waals surface area contributed by atoms with Gasteiger partial charge in [-0.15, -0.1) is 24.0 Å². The van der Waals surface area contributed by atoms with Crippen molar-refractivity contribution in [3.8, 4) is 0 Å². The molecule has 0 bridgehead atoms. The van der Waals surface area contributed by atoms with Gasteiger partial charge in [0.2, 0.25) is 0 Å². The molecule has 1 aromatic rings. The van der Waals surface area contributed by atoms with Crippen LogP contribution in [0.1, 0.15) is 25.8 Å². The summed E-state index contributed by atoms with van der Waals surface area (Å²) in [6, 6.07) is 10.3. The maximum atomic E-state index is 12.5. The van der Waals surface area contributed by atoms with E-state index < -0.39 is 12.7 Å². The van der Waals surface area contributed by atoms with Gasteiger partial charge < -0.3 is 10.6 Å². The number of alkyl halides is 3. The second kappa shape index (κ2) is 10.5. The average Bonchev–Trinajstić information content (AvgIpc) is 2.97. The Morgan fingerprint density at radius 3 is 2.48 bits per heavy atom. The van der Waals surface area contributed by atoms with E-state index in [9.17, 15) is 13.2 Å². The third kappa shape index (κ3) is 9.14. The van der Waals surface area contributed by atoms with Crippen LogP contribution in [0.5, 0.6) is 0 Å². The fraction of sp³-hybridized carbons (Fsp3) is 0.632. The Labute approximate surface area is 177 Å². The zero-order chi connectivity index (χ0) is 19.2. The van der Waals surface area contributed by atoms with Gasteiger partial charge >= 0.3 is 6.18 Å². The largest absolute Gasteiger partial charge is 0.401 e. The summed E-state index contributed by atoms with van der Waals surface area (Å²) in [5.41, 5.74) is 1.30. The smallest absolute Gasteiger partial charge is 0.356 e. The van der Waals surface area contributed by atoms with E-state index in [1.54, 1.807) is 7.05 Å². The second-order valence-corrected chi connectivity index (χ2v) is 7.73. The molecule has 4 nitrogen and oxygen atoms in total. The molecule has 1 aromatic carbocycles. The Hall–Kier alpha value is -1.03. The van der Waals surface area contributed by atoms with Gasteiger partial charge in [0.05, 0.1) is 6.54 Å². The summed E-state index contributed by atoms with van der Waals surface area (Å²) >= 11 is 0. The Kier molecular flexibility index (Phi) is 9.33. The van der Waals surface area contributed by atoms with Crippen LogP contribution in [0.3, 0.4) is 0 Å². The van der Waals surface area contributed by atoms with Crippen molar-refractivity contribution in [2.75, 3.05) is 33.2 Å². The Balaban J connectivity index is 0.00000364. The molecule has 1 heterocycles. The number of hydrogen-bond acceptors (Lipinski definition) is 2. The standard InChI is InChI=1S/C19H29F3N4.HI/c1-18(2,11-15-7-5-4-6-8-15)13-24-17(23-3)25-16-9-10-26(12-16)14-19(20,21)22;/h4-8,16H,9-14H2,1-3H3,(H2,23,24,25);1H. The lowest BCUT2D eigenvalue weighted by Crippen LogP contribution is -2.47. The minimum absolute atomic E-state index is 0. The van der Waals surface area contributed by atoms with E-state index in [4.69, 9.17) is 0 Å². The van der Waals surface area contributed by atoms with Gasteiger partial charge in [0.25, 0.3) is 0 Å². The van der Waals surface area contributed by atoms with Crippen molar-refractivity contribution in [2.45, 2.75) is 38.9 Å². The Morgan fingerprint density at radius 2 is 1.89 bits per heavy atom. The number of rotatable bonds is 6. The van der Waals surface area contributed by atoms with Crippen LogP contribution in [0.2, 0.25) is 0 Å². The summed E-state index contributed by atoms with van der Waals surface area (Å²) < 4.78 is 37.5. The molecule has 1 unspecified atom stereocenters. The monoisotopic (exact) mass is 498 g/mol. The highest BCUT2D eigenvalue weighted by atomic mass is 127. The van der Waals surface area contributed by atoms with Gasteiger partial charge in [0, 0.05) is 32.7 Å². The van der Waals surface area contributed by atoms with Gasteiger partial charge in [-0.25, -0.2) is 0 Å². The minimum Gasteiger partial charge on any atom is -0.356 e. The van der Waals surface area contributed by atoms with Crippen LogP contribution in [-0.4, -0.2) is 56.3 Å². The molecular weight excluding hydrogens is 468 g/mol. The first kappa shape index (κ1) is 24.0. The van der Waals surface area contributed by atoms with Crippen molar-refractivity contribution in [1.29, 1.82) is 0 Å². The molecule has 2 N–H and O–H groups in total. The minimum atomic E-state index is -4.14. The van der Waals surface area contributed by atoms with Crippen LogP contribution in [0, 0.1) is 5.41 Å². The number of benzene rings is 1. The first-order valence-corrected chi connectivity index (χ1v) is 8.97. The highest BCUT2D eigenvalue weighted by Crippen LogP contribution is 2.21. The Bertz CT molecular complexity index is 590. The van der Waals surface area contributed by atoms with Crippen LogP contribution in [0.4, 0.5) is 13.2 Å². The van der Waals surface area contributed by atoms with Crippen molar-refractivity contribution < 1.29 is 13.2 Å². The van der Waals surface area contributed by atoms with Crippen LogP contribution in [0.25, 0.3) is 0 Å². The highest BCUT2D eigenvalue weighted by molar-refractivity contribution is 14.0. The van der Waals surface area contributed by atoms with Gasteiger partial charge in [0.15, 0.2) is 5.96 Å². The molecule has 1 atom stereocenters. The fourth-order valence-electron chi connectivity index (χ4n) is 3.27. The number of likely N-dealkylation sites (tertiary alicyclic amines) is 1. The number of nitrogens with zero attached hydrogens (tertiary/aromatic N) is 2. The van der Waals surface area contributed by atoms with Gasteiger partial charge in [-0.2, -0.15) is 13.2 Å². The highest BCUT2D eigenvalue weighted by Gasteiger charge is 2.34. The molecule has 1 fully saturated rings. The molecule has 0 aliphatic carbocycles. The molecule has 1 saturated heterocycles. The van der Waals surface area contributed by atoms with E-state index in [0.717, 1.165) is 13.0 Å². The van der Waals surface area contributed by atoms with Gasteiger partial charge in [-0.3, -0.25) is 9.89 Å². The van der Waals surface area contributed by atoms with Crippen molar-refractivity contribution in [3.63, 3.8) is 0 Å². The van der Waals surface area contributed by atoms with E-state index in [1.807, 2.05) is 18.2 Å². The maximum absolute atomic E-state index is 12.5. The molecule has 2 rings (SSSR count). The molecule has 0 amide bonds. The van der Waals surface area contributed by atoms with Crippen LogP contribution < -0.4 is 10.6 Å². The van der Waals surface area contributed by atoms with E-state index in [-0.39, 0.29) is 35.4 Å². The first-order valence-electron chi connectivity index (χ1n) is 8.97. The zero-order valence-corrected chi connectivity index (χ0v) is 18.5. The predicted octanol–water partition coefficient (Wildman–Crippen LogP) is 3.67. The van der Waals surface area contributed by atoms with Gasteiger partial charge in [0.1, 0.15) is 0 Å². The third-order valence-corrected chi connectivity index (χ3v) is 4.50. The molecule has 0 spiro atoms. The lowest BCUT2D eigenvalue weighted by atomic mass is 9.86. The van der Waals surface area contributed by atoms with E-state index in [0.29, 0.717) is 25.5 Å². The van der Waals surface area contributed by atoms with Crippen molar-refractivity contribution in [2.24, 2.45) is 10.4 Å². The Morgan fingerprint density at radius 1 is 1.22 bits per heavy atom. The third-order valence-electron chi connectivity index (χ3n) is 4.50. The summed E-state index contributed by atoms with van der Waals surface area (Å²) in [6.07, 6.45) is -2.53. The fourth-order valence-corrected chi connectivity index (χ4v) is 3.27. The molecule has 1 aliphatic heterocycles. The molecule has 1 aliphatic rings. The molecule has 154 valence electrons. The van der Waals surface area contributed by atoms with E-state index in [1.165, 1.54) is 10.5 Å². The SMILES string of the molecule is CN=C(NCC(C)(C)Cc1ccccc1)NC1CCN(CC(F)(F)F)C1.I. The quantitative estimate of drug-likeness (QED) is 0.357. The first-order chi connectivity index (χ1) is 12.2. The number of aliphatic imine (C=N–C) groups is 1. The average molecular weight is 498 g/mol. The zero-order valence-electron chi connectivity index (χ0n) is 16.1. The summed E-state index contributed by atoms with van der Waals surface area (Å²) in [5, 5.41) is 6.57. The molecule has 27 heavy (non-hydrogen) atoms. The topological polar surface area (TPSA) is 39.7 Å². The van der Waals surface area contributed by atoms with E-state index >= 15 is 0 Å². The van der Waals surface area contributed by atoms with Gasteiger partial charge in [-0.1, -0.05) is 44.2 Å². The summed E-state index contributed by atoms with van der Waals surface area (Å²) in [6.45, 7) is 5.07. The number of hydrogen-bond donors (Lipinski definition) is 2. The van der Waals surface area contributed by atoms with Gasteiger partial charge in [-0.05, 0) is 23.8 Å². The van der Waals surface area contributed by atoms with Crippen LogP contribution in [-0.2, 0) is 6.42 Å². The van der Waals surface area contributed by atoms with Crippen molar-refractivity contribution >= 4 is 29.9 Å². The summed E-state index contributed by atoms with van der Waals surface area (Å²) in [4.78, 5) is 5.65. The molecule has 0 saturated carbocycles. The summed E-state index contributed by atoms with van der Waals surface area (Å²) in [7, 11) is 1.68. The number of halogens is 4. The molecular formula is C19H30F3IN4. The number of nitrogens with one attached hydrogen (secondary N) is 2. The molecule has 0 radical (unpaired) electrons. The second-order valence-electron chi connectivity index (χ2n) is 7.73. The van der Waals surface area contributed by atoms with Crippen molar-refractivity contribution in [1.82, 2.24) is 15.5 Å². The normalized spacial score (nSPS) is 18.9. The number of guanidine groups is 1. The molecule has 0 aromatic heterocycles. The molecule has 8 heteroatoms. The van der Waals surface area contributed by atoms with Crippen LogP contribution in [0.15, 0.2) is 35.3 Å². The van der Waals surface area contributed by atoms with Crippen LogP contribution >= 0.6 is 24.0 Å². The van der Waals surface area contributed by atoms with Crippen molar-refractivity contribution in [3.05, 3.63) is 35.9 Å². The maximum Gasteiger partial charge on any atom is 0.401 e.